The molecule has 0 aromatic carbocycles. The summed E-state index contributed by atoms with van der Waals surface area (Å²) in [6.45, 7) is 1.91. The second-order valence-electron chi connectivity index (χ2n) is 3.84. The van der Waals surface area contributed by atoms with Crippen LogP contribution < -0.4 is 5.73 Å². The highest BCUT2D eigenvalue weighted by molar-refractivity contribution is 5.06. The number of nitrogens with two attached hydrogens (primary N) is 1. The molecule has 1 unspecified atom stereocenters. The van der Waals surface area contributed by atoms with Gasteiger partial charge in [-0.25, -0.2) is 9.97 Å². The lowest BCUT2D eigenvalue weighted by Gasteiger charge is -2.05. The van der Waals surface area contributed by atoms with Crippen LogP contribution >= 0.6 is 0 Å². The Kier molecular flexibility index (Phi) is 2.27. The molecular weight excluding hydrogens is 162 g/mol. The summed E-state index contributed by atoms with van der Waals surface area (Å²) < 4.78 is 0. The highest BCUT2D eigenvalue weighted by Gasteiger charge is 2.22. The highest BCUT2D eigenvalue weighted by Crippen LogP contribution is 2.31. The Bertz CT molecular complexity index is 292. The maximum atomic E-state index is 5.70. The maximum Gasteiger partial charge on any atom is 0.144 e. The van der Waals surface area contributed by atoms with Crippen LogP contribution in [0.3, 0.4) is 0 Å². The highest BCUT2D eigenvalue weighted by atomic mass is 14.9. The first-order chi connectivity index (χ1) is 6.25. The van der Waals surface area contributed by atoms with E-state index in [9.17, 15) is 0 Å². The summed E-state index contributed by atoms with van der Waals surface area (Å²) >= 11 is 0. The maximum absolute atomic E-state index is 5.70. The average molecular weight is 177 g/mol. The third kappa shape index (κ3) is 2.25. The molecule has 1 aliphatic rings. The van der Waals surface area contributed by atoms with Crippen molar-refractivity contribution in [3.8, 4) is 0 Å². The molecule has 0 aliphatic heterocycles. The molecule has 2 N–H and O–H groups in total. The molecule has 3 heteroatoms. The average Bonchev–Trinajstić information content (AvgIpc) is 2.89. The second kappa shape index (κ2) is 3.42. The lowest BCUT2D eigenvalue weighted by atomic mass is 10.2. The number of rotatable bonds is 3. The summed E-state index contributed by atoms with van der Waals surface area (Å²) in [6, 6.07) is 1.93. The Balaban J connectivity index is 2.11. The molecule has 1 heterocycles. The fourth-order valence-corrected chi connectivity index (χ4v) is 1.36. The monoisotopic (exact) mass is 177 g/mol. The molecule has 0 amide bonds. The lowest BCUT2D eigenvalue weighted by Crippen LogP contribution is -2.11. The van der Waals surface area contributed by atoms with Crippen LogP contribution in [-0.4, -0.2) is 9.97 Å². The molecule has 1 atom stereocenters. The van der Waals surface area contributed by atoms with Gasteiger partial charge in [0.2, 0.25) is 0 Å². The van der Waals surface area contributed by atoms with E-state index < -0.39 is 0 Å². The topological polar surface area (TPSA) is 51.8 Å². The summed E-state index contributed by atoms with van der Waals surface area (Å²) in [4.78, 5) is 8.55. The molecule has 0 bridgehead atoms. The number of nitrogens with zero attached hydrogens (tertiary/aromatic N) is 2. The van der Waals surface area contributed by atoms with Crippen molar-refractivity contribution in [3.05, 3.63) is 23.8 Å². The first-order valence-electron chi connectivity index (χ1n) is 4.83. The van der Waals surface area contributed by atoms with E-state index in [2.05, 4.69) is 9.97 Å². The minimum atomic E-state index is -0.0563. The Labute approximate surface area is 78.4 Å². The minimum absolute atomic E-state index is 0.0563. The van der Waals surface area contributed by atoms with Gasteiger partial charge >= 0.3 is 0 Å². The van der Waals surface area contributed by atoms with E-state index in [4.69, 9.17) is 5.73 Å². The smallest absolute Gasteiger partial charge is 0.144 e. The van der Waals surface area contributed by atoms with Crippen molar-refractivity contribution in [2.75, 3.05) is 0 Å². The summed E-state index contributed by atoms with van der Waals surface area (Å²) in [5, 5.41) is 0. The Hall–Kier alpha value is -0.960. The molecule has 0 saturated heterocycles. The van der Waals surface area contributed by atoms with Gasteiger partial charge in [-0.3, -0.25) is 0 Å². The largest absolute Gasteiger partial charge is 0.322 e. The summed E-state index contributed by atoms with van der Waals surface area (Å²) in [7, 11) is 0. The molecule has 0 radical (unpaired) electrons. The van der Waals surface area contributed by atoms with E-state index in [-0.39, 0.29) is 6.04 Å². The van der Waals surface area contributed by atoms with Gasteiger partial charge in [-0.05, 0) is 38.2 Å². The zero-order chi connectivity index (χ0) is 9.26. The van der Waals surface area contributed by atoms with Gasteiger partial charge in [0.1, 0.15) is 5.82 Å². The van der Waals surface area contributed by atoms with Gasteiger partial charge in [0.15, 0.2) is 0 Å². The van der Waals surface area contributed by atoms with Crippen molar-refractivity contribution in [2.45, 2.75) is 32.2 Å². The van der Waals surface area contributed by atoms with Gasteiger partial charge in [0, 0.05) is 11.9 Å². The van der Waals surface area contributed by atoms with Crippen molar-refractivity contribution >= 4 is 0 Å². The van der Waals surface area contributed by atoms with Crippen molar-refractivity contribution in [1.82, 2.24) is 9.97 Å². The predicted octanol–water partition coefficient (Wildman–Crippen LogP) is 1.45. The van der Waals surface area contributed by atoms with Crippen LogP contribution in [0.1, 0.15) is 37.3 Å². The van der Waals surface area contributed by atoms with Crippen molar-refractivity contribution in [3.63, 3.8) is 0 Å². The van der Waals surface area contributed by atoms with Crippen molar-refractivity contribution in [1.29, 1.82) is 0 Å². The molecule has 0 spiro atoms. The first kappa shape index (κ1) is 8.63. The molecule has 13 heavy (non-hydrogen) atoms. The fraction of sp³-hybridized carbons (Fsp3) is 0.600. The summed E-state index contributed by atoms with van der Waals surface area (Å²) in [6.07, 6.45) is 5.63. The number of hydrogen-bond donors (Lipinski definition) is 1. The summed E-state index contributed by atoms with van der Waals surface area (Å²) in [5.41, 5.74) is 6.85. The number of aromatic nitrogens is 2. The van der Waals surface area contributed by atoms with Gasteiger partial charge in [0.25, 0.3) is 0 Å². The predicted molar refractivity (Wildman–Crippen MR) is 51.1 cm³/mol. The first-order valence-corrected chi connectivity index (χ1v) is 4.83. The molecule has 1 aromatic heterocycles. The summed E-state index contributed by atoms with van der Waals surface area (Å²) in [5.74, 6) is 1.63. The Morgan fingerprint density at radius 3 is 3.00 bits per heavy atom. The van der Waals surface area contributed by atoms with E-state index in [0.717, 1.165) is 23.9 Å². The van der Waals surface area contributed by atoms with Crippen molar-refractivity contribution < 1.29 is 0 Å². The molecular formula is C10H15N3. The fourth-order valence-electron chi connectivity index (χ4n) is 1.36. The van der Waals surface area contributed by atoms with Gasteiger partial charge in [0.05, 0.1) is 6.04 Å². The van der Waals surface area contributed by atoms with Crippen LogP contribution in [0, 0.1) is 5.92 Å². The molecule has 70 valence electrons. The molecule has 2 rings (SSSR count). The third-order valence-corrected chi connectivity index (χ3v) is 2.33. The lowest BCUT2D eigenvalue weighted by molar-refractivity contribution is 0.710. The van der Waals surface area contributed by atoms with E-state index in [1.165, 1.54) is 12.8 Å². The zero-order valence-electron chi connectivity index (χ0n) is 7.90. The third-order valence-electron chi connectivity index (χ3n) is 2.33. The van der Waals surface area contributed by atoms with Crippen LogP contribution in [0.15, 0.2) is 12.3 Å². The molecule has 1 fully saturated rings. The Morgan fingerprint density at radius 2 is 2.38 bits per heavy atom. The van der Waals surface area contributed by atoms with Crippen LogP contribution in [0.2, 0.25) is 0 Å². The molecule has 1 aromatic rings. The van der Waals surface area contributed by atoms with Crippen LogP contribution in [0.5, 0.6) is 0 Å². The van der Waals surface area contributed by atoms with Crippen LogP contribution in [0.4, 0.5) is 0 Å². The van der Waals surface area contributed by atoms with E-state index in [0.29, 0.717) is 0 Å². The van der Waals surface area contributed by atoms with Crippen LogP contribution in [0.25, 0.3) is 0 Å². The van der Waals surface area contributed by atoms with E-state index in [1.807, 2.05) is 19.2 Å². The van der Waals surface area contributed by atoms with Gasteiger partial charge in [-0.1, -0.05) is 0 Å². The molecule has 1 saturated carbocycles. The zero-order valence-corrected chi connectivity index (χ0v) is 7.90. The van der Waals surface area contributed by atoms with E-state index >= 15 is 0 Å². The SMILES string of the molecule is CC(N)c1nccc(CC2CC2)n1. The molecule has 1 aliphatic carbocycles. The van der Waals surface area contributed by atoms with Gasteiger partial charge in [-0.2, -0.15) is 0 Å². The van der Waals surface area contributed by atoms with Crippen molar-refractivity contribution in [2.24, 2.45) is 11.7 Å². The molecule has 3 nitrogen and oxygen atoms in total. The van der Waals surface area contributed by atoms with Crippen LogP contribution in [-0.2, 0) is 6.42 Å². The standard InChI is InChI=1S/C10H15N3/c1-7(11)10-12-5-4-9(13-10)6-8-2-3-8/h4-5,7-8H,2-3,6,11H2,1H3. The van der Waals surface area contributed by atoms with Gasteiger partial charge < -0.3 is 5.73 Å². The number of hydrogen-bond acceptors (Lipinski definition) is 3. The van der Waals surface area contributed by atoms with E-state index in [1.54, 1.807) is 0 Å². The Morgan fingerprint density at radius 1 is 1.62 bits per heavy atom. The minimum Gasteiger partial charge on any atom is -0.322 e. The second-order valence-corrected chi connectivity index (χ2v) is 3.84. The normalized spacial score (nSPS) is 18.6. The quantitative estimate of drug-likeness (QED) is 0.760. The van der Waals surface area contributed by atoms with Gasteiger partial charge in [-0.15, -0.1) is 0 Å².